The fourth-order valence-corrected chi connectivity index (χ4v) is 3.98. The Kier molecular flexibility index (Phi) is 6.62. The zero-order valence-corrected chi connectivity index (χ0v) is 17.8. The first-order valence-corrected chi connectivity index (χ1v) is 10.8. The Morgan fingerprint density at radius 1 is 1.19 bits per heavy atom. The summed E-state index contributed by atoms with van der Waals surface area (Å²) in [5.41, 5.74) is 1.02. The maximum Gasteiger partial charge on any atom is 0.339 e. The minimum atomic E-state index is -4.13. The summed E-state index contributed by atoms with van der Waals surface area (Å²) < 4.78 is 35.3. The molecule has 31 heavy (non-hydrogen) atoms. The van der Waals surface area contributed by atoms with Crippen molar-refractivity contribution in [2.75, 3.05) is 32.1 Å². The van der Waals surface area contributed by atoms with E-state index in [-0.39, 0.29) is 41.6 Å². The molecule has 3 rings (SSSR count). The molecule has 0 fully saturated rings. The molecule has 9 nitrogen and oxygen atoms in total. The van der Waals surface area contributed by atoms with Gasteiger partial charge in [-0.3, -0.25) is 4.79 Å². The number of aliphatic hydroxyl groups is 1. The number of β-amino-alcohol motifs (C(OH)–C–C–N with tert-alkyl or cyclic N) is 1. The van der Waals surface area contributed by atoms with Crippen LogP contribution < -0.4 is 9.50 Å². The molecule has 0 spiro atoms. The lowest BCUT2D eigenvalue weighted by Crippen LogP contribution is -2.31. The molecule has 0 radical (unpaired) electrons. The summed E-state index contributed by atoms with van der Waals surface area (Å²) in [6.07, 6.45) is 0. The number of anilines is 1. The largest absolute Gasteiger partial charge is 0.466 e. The Morgan fingerprint density at radius 3 is 2.55 bits per heavy atom. The van der Waals surface area contributed by atoms with E-state index in [4.69, 9.17) is 14.0 Å². The molecular weight excluding hydrogens is 424 g/mol. The number of ether oxygens (including phenoxy) is 1. The number of esters is 1. The molecule has 0 saturated heterocycles. The van der Waals surface area contributed by atoms with Gasteiger partial charge < -0.3 is 24.2 Å². The quantitative estimate of drug-likeness (QED) is 0.461. The van der Waals surface area contributed by atoms with Gasteiger partial charge in [-0.1, -0.05) is 24.3 Å². The number of amides is 1. The molecular formula is C21H22N2O7S. The molecule has 0 saturated carbocycles. The number of benzene rings is 2. The van der Waals surface area contributed by atoms with Crippen molar-refractivity contribution in [2.45, 2.75) is 11.8 Å². The Labute approximate surface area is 180 Å². The standard InChI is InChI=1S/C21H22N2O7S/c1-14-8-9-16(31(27,28)30-15-6-4-3-5-7-15)12-18(14)22-19-17(21(26)29-2)13-23(10-11-24)20(19)25/h3-9,12,22,24H,10-11,13H2,1-2H3. The van der Waals surface area contributed by atoms with Gasteiger partial charge in [-0.2, -0.15) is 8.42 Å². The maximum absolute atomic E-state index is 12.7. The maximum atomic E-state index is 12.7. The number of carbonyl (C=O) groups excluding carboxylic acids is 2. The normalized spacial score (nSPS) is 14.0. The smallest absolute Gasteiger partial charge is 0.339 e. The SMILES string of the molecule is COC(=O)C1=C(Nc2cc(S(=O)(=O)Oc3ccccc3)ccc2C)C(=O)N(CCO)C1. The lowest BCUT2D eigenvalue weighted by molar-refractivity contribution is -0.136. The number of aliphatic hydroxyl groups excluding tert-OH is 1. The first kappa shape index (κ1) is 22.3. The number of aryl methyl sites for hydroxylation is 1. The topological polar surface area (TPSA) is 122 Å². The van der Waals surface area contributed by atoms with Crippen LogP contribution in [0.25, 0.3) is 0 Å². The predicted octanol–water partition coefficient (Wildman–Crippen LogP) is 1.44. The van der Waals surface area contributed by atoms with Crippen LogP contribution in [0.15, 0.2) is 64.7 Å². The summed E-state index contributed by atoms with van der Waals surface area (Å²) >= 11 is 0. The molecule has 0 aliphatic carbocycles. The Bertz CT molecular complexity index is 1130. The van der Waals surface area contributed by atoms with Crippen LogP contribution in [-0.2, 0) is 24.4 Å². The Morgan fingerprint density at radius 2 is 1.90 bits per heavy atom. The fourth-order valence-electron chi connectivity index (χ4n) is 3.03. The number of carbonyl (C=O) groups is 2. The summed E-state index contributed by atoms with van der Waals surface area (Å²) in [5, 5.41) is 12.0. The minimum absolute atomic E-state index is 0.0252. The summed E-state index contributed by atoms with van der Waals surface area (Å²) in [6.45, 7) is 1.47. The monoisotopic (exact) mass is 446 g/mol. The van der Waals surface area contributed by atoms with Gasteiger partial charge >= 0.3 is 16.1 Å². The zero-order valence-electron chi connectivity index (χ0n) is 17.0. The molecule has 2 aromatic rings. The van der Waals surface area contributed by atoms with Crippen LogP contribution in [-0.4, -0.2) is 57.1 Å². The lowest BCUT2D eigenvalue weighted by Gasteiger charge is -2.16. The Balaban J connectivity index is 1.94. The third-order valence-electron chi connectivity index (χ3n) is 4.66. The average Bonchev–Trinajstić information content (AvgIpc) is 3.05. The van der Waals surface area contributed by atoms with E-state index < -0.39 is 22.0 Å². The summed E-state index contributed by atoms with van der Waals surface area (Å²) in [4.78, 5) is 26.0. The third kappa shape index (κ3) is 4.86. The lowest BCUT2D eigenvalue weighted by atomic mass is 10.1. The van der Waals surface area contributed by atoms with E-state index in [0.717, 1.165) is 0 Å². The second-order valence-corrected chi connectivity index (χ2v) is 8.29. The van der Waals surface area contributed by atoms with Crippen LogP contribution >= 0.6 is 0 Å². The summed E-state index contributed by atoms with van der Waals surface area (Å²) in [5.74, 6) is -1.02. The molecule has 10 heteroatoms. The van der Waals surface area contributed by atoms with Gasteiger partial charge in [-0.25, -0.2) is 4.79 Å². The van der Waals surface area contributed by atoms with Gasteiger partial charge in [0.25, 0.3) is 5.91 Å². The molecule has 0 atom stereocenters. The third-order valence-corrected chi connectivity index (χ3v) is 5.90. The van der Waals surface area contributed by atoms with Crippen molar-refractivity contribution in [3.05, 3.63) is 65.4 Å². The van der Waals surface area contributed by atoms with Crippen molar-refractivity contribution < 1.29 is 32.0 Å². The molecule has 1 heterocycles. The summed E-state index contributed by atoms with van der Waals surface area (Å²) in [6, 6.07) is 12.4. The second kappa shape index (κ2) is 9.19. The van der Waals surface area contributed by atoms with Crippen LogP contribution in [0.1, 0.15) is 5.56 Å². The number of hydrogen-bond acceptors (Lipinski definition) is 8. The first-order chi connectivity index (χ1) is 14.8. The van der Waals surface area contributed by atoms with Crippen LogP contribution in [0, 0.1) is 6.92 Å². The second-order valence-electron chi connectivity index (χ2n) is 6.75. The number of hydrogen-bond donors (Lipinski definition) is 2. The Hall–Kier alpha value is -3.37. The van der Waals surface area contributed by atoms with Crippen LogP contribution in [0.2, 0.25) is 0 Å². The molecule has 0 aromatic heterocycles. The van der Waals surface area contributed by atoms with Crippen molar-refractivity contribution >= 4 is 27.7 Å². The highest BCUT2D eigenvalue weighted by Gasteiger charge is 2.34. The highest BCUT2D eigenvalue weighted by Crippen LogP contribution is 2.27. The average molecular weight is 446 g/mol. The van der Waals surface area contributed by atoms with Crippen LogP contribution in [0.5, 0.6) is 5.75 Å². The van der Waals surface area contributed by atoms with Crippen LogP contribution in [0.4, 0.5) is 5.69 Å². The number of rotatable bonds is 8. The molecule has 2 aromatic carbocycles. The van der Waals surface area contributed by atoms with Gasteiger partial charge in [0, 0.05) is 12.2 Å². The van der Waals surface area contributed by atoms with E-state index in [9.17, 15) is 18.0 Å². The summed E-state index contributed by atoms with van der Waals surface area (Å²) in [7, 11) is -2.93. The van der Waals surface area contributed by atoms with E-state index in [1.807, 2.05) is 0 Å². The molecule has 164 valence electrons. The van der Waals surface area contributed by atoms with Crippen molar-refractivity contribution in [3.8, 4) is 5.75 Å². The highest BCUT2D eigenvalue weighted by atomic mass is 32.2. The number of para-hydroxylation sites is 1. The van der Waals surface area contributed by atoms with Gasteiger partial charge in [0.15, 0.2) is 0 Å². The fraction of sp³-hybridized carbons (Fsp3) is 0.238. The molecule has 0 bridgehead atoms. The van der Waals surface area contributed by atoms with Gasteiger partial charge in [-0.05, 0) is 36.8 Å². The number of nitrogens with zero attached hydrogens (tertiary/aromatic N) is 1. The molecule has 1 amide bonds. The predicted molar refractivity (Wildman–Crippen MR) is 112 cm³/mol. The van der Waals surface area contributed by atoms with Crippen LogP contribution in [0.3, 0.4) is 0 Å². The first-order valence-electron chi connectivity index (χ1n) is 9.35. The van der Waals surface area contributed by atoms with Gasteiger partial charge in [0.05, 0.1) is 25.8 Å². The van der Waals surface area contributed by atoms with E-state index >= 15 is 0 Å². The molecule has 0 unspecified atom stereocenters. The molecule has 1 aliphatic rings. The highest BCUT2D eigenvalue weighted by molar-refractivity contribution is 7.87. The van der Waals surface area contributed by atoms with E-state index in [1.165, 1.54) is 36.3 Å². The molecule has 2 N–H and O–H groups in total. The van der Waals surface area contributed by atoms with E-state index in [2.05, 4.69) is 5.32 Å². The number of nitrogens with one attached hydrogen (secondary N) is 1. The van der Waals surface area contributed by atoms with Gasteiger partial charge in [0.2, 0.25) is 0 Å². The minimum Gasteiger partial charge on any atom is -0.466 e. The van der Waals surface area contributed by atoms with Crippen molar-refractivity contribution in [3.63, 3.8) is 0 Å². The van der Waals surface area contributed by atoms with Gasteiger partial charge in [-0.15, -0.1) is 0 Å². The van der Waals surface area contributed by atoms with Crippen molar-refractivity contribution in [2.24, 2.45) is 0 Å². The van der Waals surface area contributed by atoms with Gasteiger partial charge in [0.1, 0.15) is 16.3 Å². The van der Waals surface area contributed by atoms with E-state index in [1.54, 1.807) is 31.2 Å². The van der Waals surface area contributed by atoms with E-state index in [0.29, 0.717) is 11.3 Å². The molecule has 1 aliphatic heterocycles. The zero-order chi connectivity index (χ0) is 22.6. The van der Waals surface area contributed by atoms with Crippen molar-refractivity contribution in [1.29, 1.82) is 0 Å². The number of methoxy groups -OCH3 is 1. The van der Waals surface area contributed by atoms with Crippen molar-refractivity contribution in [1.82, 2.24) is 4.90 Å².